The second kappa shape index (κ2) is 22.3. The monoisotopic (exact) mass is 916 g/mol. The van der Waals surface area contributed by atoms with Gasteiger partial charge in [-0.1, -0.05) is 88.7 Å². The Morgan fingerprint density at radius 3 is 1.57 bits per heavy atom. The van der Waals surface area contributed by atoms with Crippen LogP contribution in [-0.2, 0) is 33.9 Å². The van der Waals surface area contributed by atoms with Gasteiger partial charge < -0.3 is 39.5 Å². The molecule has 328 valence electrons. The molecule has 4 aliphatic rings. The summed E-state index contributed by atoms with van der Waals surface area (Å²) in [4.78, 5) is 34.6. The van der Waals surface area contributed by atoms with E-state index >= 15 is 0 Å². The molecule has 13 heteroatoms. The molecule has 4 fully saturated rings. The smallest absolute Gasteiger partial charge is 0.407 e. The van der Waals surface area contributed by atoms with Gasteiger partial charge in [0.05, 0.1) is 29.9 Å². The summed E-state index contributed by atoms with van der Waals surface area (Å²) >= 11 is 3.42. The largest absolute Gasteiger partial charge is 0.489 e. The van der Waals surface area contributed by atoms with Gasteiger partial charge >= 0.3 is 12.2 Å². The quantitative estimate of drug-likeness (QED) is 0.0815. The topological polar surface area (TPSA) is 180 Å². The van der Waals surface area contributed by atoms with Crippen LogP contribution in [0.4, 0.5) is 9.59 Å². The number of aryl methyl sites for hydroxylation is 1. The lowest BCUT2D eigenvalue weighted by Crippen LogP contribution is -2.58. The Morgan fingerprint density at radius 2 is 1.14 bits per heavy atom. The number of carbonyl (C=O) groups excluding carboxylic acids is 3. The number of halogens is 1. The summed E-state index contributed by atoms with van der Waals surface area (Å²) in [6, 6.07) is 34.9. The summed E-state index contributed by atoms with van der Waals surface area (Å²) in [7, 11) is 0. The molecule has 0 unspecified atom stereocenters. The van der Waals surface area contributed by atoms with Crippen LogP contribution in [0.3, 0.4) is 0 Å². The van der Waals surface area contributed by atoms with Crippen molar-refractivity contribution < 1.29 is 38.4 Å². The zero-order valence-electron chi connectivity index (χ0n) is 35.2. The summed E-state index contributed by atoms with van der Waals surface area (Å²) in [5, 5.41) is 32.2. The lowest BCUT2D eigenvalue weighted by Gasteiger charge is -2.57. The first-order chi connectivity index (χ1) is 30.6. The molecular weight excluding hydrogens is 864 g/mol. The number of benzene rings is 4. The summed E-state index contributed by atoms with van der Waals surface area (Å²) in [6.07, 6.45) is 10.5. The lowest BCUT2D eigenvalue weighted by atomic mass is 9.53. The number of nitrogens with zero attached hydrogens (tertiary/aromatic N) is 2. The Labute approximate surface area is 377 Å². The first kappa shape index (κ1) is 46.4. The zero-order valence-corrected chi connectivity index (χ0v) is 36.8. The number of nitriles is 2. The number of hydrogen-bond donors (Lipinski definition) is 3. The molecule has 0 radical (unpaired) electrons. The van der Waals surface area contributed by atoms with E-state index in [1.54, 1.807) is 12.1 Å². The third-order valence-electron chi connectivity index (χ3n) is 11.9. The van der Waals surface area contributed by atoms with Crippen molar-refractivity contribution in [2.24, 2.45) is 10.8 Å². The third kappa shape index (κ3) is 13.2. The number of ether oxygens (including phenoxy) is 4. The molecule has 0 saturated heterocycles. The van der Waals surface area contributed by atoms with Crippen LogP contribution in [0, 0.1) is 33.5 Å². The minimum Gasteiger partial charge on any atom is -0.489 e. The molecular formula is C50H53BrN4O8. The van der Waals surface area contributed by atoms with Gasteiger partial charge in [0.2, 0.25) is 0 Å². The van der Waals surface area contributed by atoms with E-state index in [2.05, 4.69) is 45.3 Å². The number of amides is 2. The maximum Gasteiger partial charge on any atom is 0.407 e. The van der Waals surface area contributed by atoms with E-state index in [-0.39, 0.29) is 67.1 Å². The minimum absolute atomic E-state index is 0.0828. The van der Waals surface area contributed by atoms with Crippen LogP contribution in [0.15, 0.2) is 114 Å². The average Bonchev–Trinajstić information content (AvgIpc) is 3.25. The van der Waals surface area contributed by atoms with Gasteiger partial charge in [0.25, 0.3) is 0 Å². The van der Waals surface area contributed by atoms with E-state index in [4.69, 9.17) is 24.1 Å². The molecule has 4 aromatic rings. The predicted octanol–water partition coefficient (Wildman–Crippen LogP) is 9.41. The molecule has 4 saturated carbocycles. The number of aldehydes is 1. The molecule has 0 heterocycles. The van der Waals surface area contributed by atoms with Gasteiger partial charge in [-0.2, -0.15) is 10.5 Å². The Morgan fingerprint density at radius 1 is 0.698 bits per heavy atom. The van der Waals surface area contributed by atoms with Crippen LogP contribution in [0.5, 0.6) is 11.5 Å². The van der Waals surface area contributed by atoms with Gasteiger partial charge in [-0.05, 0) is 116 Å². The van der Waals surface area contributed by atoms with Crippen LogP contribution < -0.4 is 20.1 Å². The van der Waals surface area contributed by atoms with E-state index in [1.165, 1.54) is 6.08 Å². The molecule has 2 spiro atoms. The highest BCUT2D eigenvalue weighted by Crippen LogP contribution is 2.58. The van der Waals surface area contributed by atoms with Crippen LogP contribution in [0.1, 0.15) is 85.6 Å². The standard InChI is InChI=1S/C25H26N2O4.C22H21BrN2O3.C3H6O/c26-16-20-9-8-18(7-4-10-28)11-23(20)31-22-14-25(15-22)12-21(13-25)27-24(29)30-17-19-5-2-1-3-6-19;23-17-7-6-16(13-24)20(8-17)28-19-11-22(12-19)9-18(10-22)25-21(26)27-14-15-4-2-1-3-5-15;1-2-3-4/h1-3,5-6,8-11,21-22H,4,7,12-15,17H2,(H,27,29);1-8,18-19H,9-12,14H2,(H,25,26);2,4H,1,3H2. The number of aliphatic hydroxyl groups excluding tert-OH is 1. The maximum absolute atomic E-state index is 12.0. The fourth-order valence-corrected chi connectivity index (χ4v) is 9.21. The normalized spacial score (nSPS) is 23.2. The molecule has 8 rings (SSSR count). The predicted molar refractivity (Wildman–Crippen MR) is 239 cm³/mol. The first-order valence-electron chi connectivity index (χ1n) is 21.2. The Balaban J connectivity index is 0.000000194. The number of aliphatic hydroxyl groups is 1. The van der Waals surface area contributed by atoms with Crippen molar-refractivity contribution in [1.82, 2.24) is 10.6 Å². The van der Waals surface area contributed by atoms with E-state index < -0.39 is 0 Å². The third-order valence-corrected chi connectivity index (χ3v) is 12.4. The van der Waals surface area contributed by atoms with Crippen LogP contribution in [0.25, 0.3) is 0 Å². The molecule has 0 bridgehead atoms. The molecule has 3 N–H and O–H groups in total. The Kier molecular flexibility index (Phi) is 16.4. The van der Waals surface area contributed by atoms with Crippen LogP contribution >= 0.6 is 15.9 Å². The summed E-state index contributed by atoms with van der Waals surface area (Å²) in [6.45, 7) is 3.87. The second-order valence-electron chi connectivity index (χ2n) is 16.8. The van der Waals surface area contributed by atoms with Crippen molar-refractivity contribution in [3.8, 4) is 23.6 Å². The van der Waals surface area contributed by atoms with E-state index in [0.29, 0.717) is 35.5 Å². The first-order valence-corrected chi connectivity index (χ1v) is 22.0. The fourth-order valence-electron chi connectivity index (χ4n) is 8.87. The number of hydrogen-bond acceptors (Lipinski definition) is 10. The molecule has 4 aromatic carbocycles. The molecule has 0 atom stereocenters. The minimum atomic E-state index is -0.373. The van der Waals surface area contributed by atoms with E-state index in [9.17, 15) is 24.9 Å². The summed E-state index contributed by atoms with van der Waals surface area (Å²) in [5.74, 6) is 1.24. The van der Waals surface area contributed by atoms with Crippen molar-refractivity contribution in [2.45, 2.75) is 102 Å². The lowest BCUT2D eigenvalue weighted by molar-refractivity contribution is -0.107. The van der Waals surface area contributed by atoms with Gasteiger partial charge in [-0.25, -0.2) is 9.59 Å². The van der Waals surface area contributed by atoms with Gasteiger partial charge in [0, 0.05) is 23.0 Å². The molecule has 63 heavy (non-hydrogen) atoms. The SMILES string of the molecule is C=CCO.N#Cc1ccc(Br)cc1OC1CC2(CC(NC(=O)OCc3ccccc3)C2)C1.N#Cc1ccc(CCC=O)cc1OC1CC2(CC(NC(=O)OCc3ccccc3)C2)C1. The highest BCUT2D eigenvalue weighted by Gasteiger charge is 2.55. The number of rotatable bonds is 14. The van der Waals surface area contributed by atoms with Crippen LogP contribution in [-0.4, -0.2) is 54.5 Å². The number of alkyl carbamates (subject to hydrolysis) is 2. The van der Waals surface area contributed by atoms with Crippen molar-refractivity contribution in [3.63, 3.8) is 0 Å². The fraction of sp³-hybridized carbons (Fsp3) is 0.380. The van der Waals surface area contributed by atoms with E-state index in [1.807, 2.05) is 84.9 Å². The molecule has 0 aliphatic heterocycles. The van der Waals surface area contributed by atoms with Gasteiger partial charge in [0.15, 0.2) is 0 Å². The second-order valence-corrected chi connectivity index (χ2v) is 17.7. The summed E-state index contributed by atoms with van der Waals surface area (Å²) < 4.78 is 23.6. The molecule has 12 nitrogen and oxygen atoms in total. The number of nitrogens with one attached hydrogen (secondary N) is 2. The Bertz CT molecular complexity index is 2250. The van der Waals surface area contributed by atoms with E-state index in [0.717, 1.165) is 78.8 Å². The molecule has 4 aliphatic carbocycles. The highest BCUT2D eigenvalue weighted by atomic mass is 79.9. The Hall–Kier alpha value is -6.15. The van der Waals surface area contributed by atoms with Gasteiger partial charge in [-0.3, -0.25) is 0 Å². The summed E-state index contributed by atoms with van der Waals surface area (Å²) in [5.41, 5.74) is 4.51. The maximum atomic E-state index is 12.0. The van der Waals surface area contributed by atoms with Gasteiger partial charge in [-0.15, -0.1) is 6.58 Å². The van der Waals surface area contributed by atoms with Crippen molar-refractivity contribution in [3.05, 3.63) is 142 Å². The van der Waals surface area contributed by atoms with Crippen molar-refractivity contribution in [2.75, 3.05) is 6.61 Å². The van der Waals surface area contributed by atoms with Crippen molar-refractivity contribution in [1.29, 1.82) is 10.5 Å². The van der Waals surface area contributed by atoms with Crippen molar-refractivity contribution >= 4 is 34.4 Å². The average molecular weight is 918 g/mol. The molecule has 0 aromatic heterocycles. The molecule has 2 amide bonds. The zero-order chi connectivity index (χ0) is 44.7. The number of carbonyl (C=O) groups is 3. The van der Waals surface area contributed by atoms with Crippen LogP contribution in [0.2, 0.25) is 0 Å². The highest BCUT2D eigenvalue weighted by molar-refractivity contribution is 9.10. The van der Waals surface area contributed by atoms with Gasteiger partial charge in [0.1, 0.15) is 43.1 Å².